The van der Waals surface area contributed by atoms with Gasteiger partial charge in [-0.2, -0.15) is 0 Å². The summed E-state index contributed by atoms with van der Waals surface area (Å²) in [4.78, 5) is 2.03. The molecular formula is C13H16N4O2. The van der Waals surface area contributed by atoms with Gasteiger partial charge in [-0.1, -0.05) is 40.5 Å². The van der Waals surface area contributed by atoms with Crippen molar-refractivity contribution in [2.24, 2.45) is 0 Å². The number of benzene rings is 1. The maximum Gasteiger partial charge on any atom is 0.319 e. The quantitative estimate of drug-likeness (QED) is 0.899. The summed E-state index contributed by atoms with van der Waals surface area (Å²) in [6.45, 7) is 3.66. The molecule has 3 rings (SSSR count). The van der Waals surface area contributed by atoms with E-state index in [-0.39, 0.29) is 0 Å². The highest BCUT2D eigenvalue weighted by Gasteiger charge is 2.17. The molecule has 1 aliphatic rings. The van der Waals surface area contributed by atoms with Crippen LogP contribution < -0.4 is 10.2 Å². The summed E-state index contributed by atoms with van der Waals surface area (Å²) in [7, 11) is 0. The summed E-state index contributed by atoms with van der Waals surface area (Å²) < 4.78 is 10.9. The van der Waals surface area contributed by atoms with Crippen molar-refractivity contribution in [3.8, 4) is 0 Å². The van der Waals surface area contributed by atoms with E-state index in [4.69, 9.17) is 9.15 Å². The average Bonchev–Trinajstić information content (AvgIpc) is 2.96. The lowest BCUT2D eigenvalue weighted by Gasteiger charge is -2.24. The molecule has 19 heavy (non-hydrogen) atoms. The van der Waals surface area contributed by atoms with E-state index in [0.29, 0.717) is 31.8 Å². The molecule has 1 fully saturated rings. The molecule has 0 saturated carbocycles. The standard InChI is InChI=1S/C13H16N4O2/c1-2-4-11(5-3-1)10-14-12-15-16-13(19-12)17-6-8-18-9-7-17/h1-5H,6-10H2,(H,14,15). The average molecular weight is 260 g/mol. The minimum absolute atomic E-state index is 0.449. The van der Waals surface area contributed by atoms with E-state index < -0.39 is 0 Å². The van der Waals surface area contributed by atoms with Crippen LogP contribution in [0.15, 0.2) is 34.7 Å². The summed E-state index contributed by atoms with van der Waals surface area (Å²) in [5.41, 5.74) is 1.17. The molecule has 100 valence electrons. The van der Waals surface area contributed by atoms with E-state index in [0.717, 1.165) is 13.1 Å². The Kier molecular flexibility index (Phi) is 3.60. The van der Waals surface area contributed by atoms with Crippen molar-refractivity contribution in [3.05, 3.63) is 35.9 Å². The summed E-state index contributed by atoms with van der Waals surface area (Å²) in [6.07, 6.45) is 0. The van der Waals surface area contributed by atoms with Gasteiger partial charge >= 0.3 is 12.0 Å². The van der Waals surface area contributed by atoms with E-state index in [1.54, 1.807) is 0 Å². The number of anilines is 2. The van der Waals surface area contributed by atoms with E-state index in [9.17, 15) is 0 Å². The zero-order chi connectivity index (χ0) is 12.9. The molecule has 0 radical (unpaired) electrons. The Labute approximate surface area is 111 Å². The SMILES string of the molecule is c1ccc(CNc2nnc(N3CCOCC3)o2)cc1. The summed E-state index contributed by atoms with van der Waals surface area (Å²) in [5.74, 6) is 0. The van der Waals surface area contributed by atoms with Crippen LogP contribution in [0.25, 0.3) is 0 Å². The molecule has 2 heterocycles. The molecular weight excluding hydrogens is 244 g/mol. The number of aromatic nitrogens is 2. The van der Waals surface area contributed by atoms with Gasteiger partial charge in [-0.25, -0.2) is 0 Å². The number of hydrogen-bond acceptors (Lipinski definition) is 6. The Morgan fingerprint density at radius 3 is 2.68 bits per heavy atom. The monoisotopic (exact) mass is 260 g/mol. The van der Waals surface area contributed by atoms with Gasteiger partial charge in [0.15, 0.2) is 0 Å². The molecule has 1 saturated heterocycles. The van der Waals surface area contributed by atoms with Crippen molar-refractivity contribution in [1.29, 1.82) is 0 Å². The molecule has 0 aliphatic carbocycles. The lowest BCUT2D eigenvalue weighted by atomic mass is 10.2. The van der Waals surface area contributed by atoms with Gasteiger partial charge in [-0.3, -0.25) is 0 Å². The third-order valence-electron chi connectivity index (χ3n) is 2.98. The van der Waals surface area contributed by atoms with Gasteiger partial charge in [0.25, 0.3) is 0 Å². The van der Waals surface area contributed by atoms with Crippen LogP contribution in [0.2, 0.25) is 0 Å². The van der Waals surface area contributed by atoms with Crippen molar-refractivity contribution >= 4 is 12.0 Å². The maximum absolute atomic E-state index is 5.58. The highest BCUT2D eigenvalue weighted by molar-refractivity contribution is 5.31. The lowest BCUT2D eigenvalue weighted by molar-refractivity contribution is 0.120. The maximum atomic E-state index is 5.58. The highest BCUT2D eigenvalue weighted by Crippen LogP contribution is 2.17. The summed E-state index contributed by atoms with van der Waals surface area (Å²) >= 11 is 0. The number of morpholine rings is 1. The molecule has 1 aromatic heterocycles. The molecule has 0 amide bonds. The van der Waals surface area contributed by atoms with Crippen molar-refractivity contribution in [2.45, 2.75) is 6.54 Å². The first kappa shape index (κ1) is 12.0. The van der Waals surface area contributed by atoms with Gasteiger partial charge in [0.1, 0.15) is 0 Å². The van der Waals surface area contributed by atoms with Gasteiger partial charge in [-0.05, 0) is 5.56 Å². The second-order valence-corrected chi connectivity index (χ2v) is 4.33. The zero-order valence-electron chi connectivity index (χ0n) is 10.6. The Morgan fingerprint density at radius 1 is 1.11 bits per heavy atom. The van der Waals surface area contributed by atoms with Crippen LogP contribution in [0.3, 0.4) is 0 Å². The second kappa shape index (κ2) is 5.71. The first-order chi connectivity index (χ1) is 9.42. The van der Waals surface area contributed by atoms with E-state index in [2.05, 4.69) is 15.5 Å². The summed E-state index contributed by atoms with van der Waals surface area (Å²) in [6, 6.07) is 11.1. The van der Waals surface area contributed by atoms with Crippen LogP contribution in [-0.4, -0.2) is 36.5 Å². The number of nitrogens with one attached hydrogen (secondary N) is 1. The molecule has 2 aromatic rings. The second-order valence-electron chi connectivity index (χ2n) is 4.33. The Hall–Kier alpha value is -2.08. The van der Waals surface area contributed by atoms with Crippen LogP contribution in [0.1, 0.15) is 5.56 Å². The van der Waals surface area contributed by atoms with Crippen molar-refractivity contribution in [1.82, 2.24) is 10.2 Å². The third-order valence-corrected chi connectivity index (χ3v) is 2.98. The summed E-state index contributed by atoms with van der Waals surface area (Å²) in [5, 5.41) is 11.2. The van der Waals surface area contributed by atoms with Crippen LogP contribution in [0.5, 0.6) is 0 Å². The Morgan fingerprint density at radius 2 is 1.89 bits per heavy atom. The number of ether oxygens (including phenoxy) is 1. The normalized spacial score (nSPS) is 15.5. The molecule has 1 aliphatic heterocycles. The largest absolute Gasteiger partial charge is 0.389 e. The predicted molar refractivity (Wildman–Crippen MR) is 71.1 cm³/mol. The van der Waals surface area contributed by atoms with Crippen LogP contribution in [0.4, 0.5) is 12.0 Å². The van der Waals surface area contributed by atoms with Crippen molar-refractivity contribution in [3.63, 3.8) is 0 Å². The van der Waals surface area contributed by atoms with Crippen LogP contribution in [0, 0.1) is 0 Å². The Bertz CT molecular complexity index is 508. The molecule has 0 spiro atoms. The fourth-order valence-corrected chi connectivity index (χ4v) is 1.94. The molecule has 0 atom stereocenters. The van der Waals surface area contributed by atoms with Crippen LogP contribution >= 0.6 is 0 Å². The van der Waals surface area contributed by atoms with E-state index in [1.807, 2.05) is 35.2 Å². The molecule has 6 nitrogen and oxygen atoms in total. The van der Waals surface area contributed by atoms with Gasteiger partial charge in [0, 0.05) is 19.6 Å². The minimum atomic E-state index is 0.449. The number of hydrogen-bond donors (Lipinski definition) is 1. The van der Waals surface area contributed by atoms with Crippen molar-refractivity contribution < 1.29 is 9.15 Å². The Balaban J connectivity index is 1.58. The van der Waals surface area contributed by atoms with Gasteiger partial charge in [0.05, 0.1) is 13.2 Å². The zero-order valence-corrected chi connectivity index (χ0v) is 10.6. The highest BCUT2D eigenvalue weighted by atomic mass is 16.5. The fourth-order valence-electron chi connectivity index (χ4n) is 1.94. The predicted octanol–water partition coefficient (Wildman–Crippen LogP) is 1.52. The topological polar surface area (TPSA) is 63.4 Å². The smallest absolute Gasteiger partial charge is 0.319 e. The lowest BCUT2D eigenvalue weighted by Crippen LogP contribution is -2.36. The molecule has 0 unspecified atom stereocenters. The fraction of sp³-hybridized carbons (Fsp3) is 0.385. The molecule has 1 aromatic carbocycles. The molecule has 1 N–H and O–H groups in total. The molecule has 6 heteroatoms. The van der Waals surface area contributed by atoms with Gasteiger partial charge in [0.2, 0.25) is 0 Å². The third kappa shape index (κ3) is 3.03. The minimum Gasteiger partial charge on any atom is -0.389 e. The number of rotatable bonds is 4. The van der Waals surface area contributed by atoms with Gasteiger partial charge in [-0.15, -0.1) is 0 Å². The molecule has 0 bridgehead atoms. The van der Waals surface area contributed by atoms with Gasteiger partial charge < -0.3 is 19.4 Å². The van der Waals surface area contributed by atoms with E-state index in [1.165, 1.54) is 5.56 Å². The number of nitrogens with zero attached hydrogens (tertiary/aromatic N) is 3. The first-order valence-electron chi connectivity index (χ1n) is 6.36. The van der Waals surface area contributed by atoms with Crippen LogP contribution in [-0.2, 0) is 11.3 Å². The van der Waals surface area contributed by atoms with Crippen molar-refractivity contribution in [2.75, 3.05) is 36.5 Å². The first-order valence-corrected chi connectivity index (χ1v) is 6.36. The van der Waals surface area contributed by atoms with E-state index >= 15 is 0 Å².